The van der Waals surface area contributed by atoms with Crippen LogP contribution in [0.25, 0.3) is 0 Å². The molecule has 1 heterocycles. The van der Waals surface area contributed by atoms with Crippen LogP contribution in [-0.2, 0) is 16.6 Å². The monoisotopic (exact) mass is 307 g/mol. The summed E-state index contributed by atoms with van der Waals surface area (Å²) in [5, 5.41) is 8.78. The predicted octanol–water partition coefficient (Wildman–Crippen LogP) is 0.841. The molecule has 0 aliphatic rings. The second-order valence-electron chi connectivity index (χ2n) is 4.28. The van der Waals surface area contributed by atoms with E-state index in [-0.39, 0.29) is 22.7 Å². The second-order valence-corrected chi connectivity index (χ2v) is 6.05. The molecular formula is C13H13N3O4S. The number of nitrogens with two attached hydrogens (primary N) is 1. The first-order valence-electron chi connectivity index (χ1n) is 5.91. The van der Waals surface area contributed by atoms with E-state index in [1.807, 2.05) is 0 Å². The number of anilines is 1. The molecule has 0 fully saturated rings. The molecule has 2 aromatic rings. The van der Waals surface area contributed by atoms with Crippen molar-refractivity contribution in [2.45, 2.75) is 11.4 Å². The van der Waals surface area contributed by atoms with Crippen LogP contribution < -0.4 is 10.5 Å². The minimum absolute atomic E-state index is 0.0235. The number of pyridine rings is 1. The van der Waals surface area contributed by atoms with Gasteiger partial charge in [-0.1, -0.05) is 12.1 Å². The van der Waals surface area contributed by atoms with Crippen LogP contribution in [-0.4, -0.2) is 24.5 Å². The number of nitrogens with zero attached hydrogens (tertiary/aromatic N) is 1. The van der Waals surface area contributed by atoms with E-state index in [1.165, 1.54) is 30.6 Å². The van der Waals surface area contributed by atoms with Crippen molar-refractivity contribution in [2.24, 2.45) is 0 Å². The van der Waals surface area contributed by atoms with E-state index in [9.17, 15) is 13.2 Å². The zero-order valence-corrected chi connectivity index (χ0v) is 11.7. The average molecular weight is 307 g/mol. The van der Waals surface area contributed by atoms with E-state index >= 15 is 0 Å². The third-order valence-electron chi connectivity index (χ3n) is 2.71. The standard InChI is InChI=1S/C13H13N3O4S/c14-11-5-12(8-15-7-11)21(19,20)16-6-9-1-3-10(4-2-9)13(17)18/h1-5,7-8,16H,6,14H2,(H,17,18). The quantitative estimate of drug-likeness (QED) is 0.752. The molecule has 0 amide bonds. The molecule has 8 heteroatoms. The lowest BCUT2D eigenvalue weighted by Crippen LogP contribution is -2.23. The van der Waals surface area contributed by atoms with Crippen molar-refractivity contribution < 1.29 is 18.3 Å². The molecule has 0 spiro atoms. The van der Waals surface area contributed by atoms with E-state index in [4.69, 9.17) is 10.8 Å². The van der Waals surface area contributed by atoms with Crippen LogP contribution in [0.5, 0.6) is 0 Å². The Morgan fingerprint density at radius 3 is 2.48 bits per heavy atom. The molecule has 0 bridgehead atoms. The second kappa shape index (κ2) is 5.90. The number of carboxylic acid groups (broad SMARTS) is 1. The summed E-state index contributed by atoms with van der Waals surface area (Å²) in [6.45, 7) is 0.0387. The number of aromatic carboxylic acids is 1. The summed E-state index contributed by atoms with van der Waals surface area (Å²) < 4.78 is 26.5. The highest BCUT2D eigenvalue weighted by molar-refractivity contribution is 7.89. The third-order valence-corrected chi connectivity index (χ3v) is 4.08. The topological polar surface area (TPSA) is 122 Å². The Kier molecular flexibility index (Phi) is 4.20. The lowest BCUT2D eigenvalue weighted by Gasteiger charge is -2.07. The van der Waals surface area contributed by atoms with Crippen molar-refractivity contribution in [3.63, 3.8) is 0 Å². The molecule has 2 rings (SSSR count). The molecule has 110 valence electrons. The SMILES string of the molecule is Nc1cncc(S(=O)(=O)NCc2ccc(C(=O)O)cc2)c1. The van der Waals surface area contributed by atoms with E-state index in [0.717, 1.165) is 0 Å². The highest BCUT2D eigenvalue weighted by Crippen LogP contribution is 2.11. The summed E-state index contributed by atoms with van der Waals surface area (Å²) in [6, 6.07) is 7.22. The minimum atomic E-state index is -3.72. The van der Waals surface area contributed by atoms with E-state index in [2.05, 4.69) is 9.71 Å². The molecule has 0 aliphatic carbocycles. The first kappa shape index (κ1) is 14.9. The van der Waals surface area contributed by atoms with Gasteiger partial charge in [-0.15, -0.1) is 0 Å². The van der Waals surface area contributed by atoms with Crippen molar-refractivity contribution in [2.75, 3.05) is 5.73 Å². The van der Waals surface area contributed by atoms with Gasteiger partial charge in [-0.3, -0.25) is 4.98 Å². The average Bonchev–Trinajstić information content (AvgIpc) is 2.45. The van der Waals surface area contributed by atoms with Gasteiger partial charge in [0.25, 0.3) is 0 Å². The van der Waals surface area contributed by atoms with Crippen molar-refractivity contribution in [1.29, 1.82) is 0 Å². The van der Waals surface area contributed by atoms with Crippen molar-refractivity contribution in [3.05, 3.63) is 53.9 Å². The molecule has 21 heavy (non-hydrogen) atoms. The van der Waals surface area contributed by atoms with Crippen molar-refractivity contribution in [1.82, 2.24) is 9.71 Å². The zero-order valence-electron chi connectivity index (χ0n) is 10.9. The maximum atomic E-state index is 12.0. The van der Waals surface area contributed by atoms with Gasteiger partial charge < -0.3 is 10.8 Å². The predicted molar refractivity (Wildman–Crippen MR) is 76.1 cm³/mol. The number of rotatable bonds is 5. The fourth-order valence-corrected chi connectivity index (χ4v) is 2.62. The van der Waals surface area contributed by atoms with Crippen LogP contribution in [0, 0.1) is 0 Å². The first-order valence-corrected chi connectivity index (χ1v) is 7.39. The van der Waals surface area contributed by atoms with Crippen molar-refractivity contribution in [3.8, 4) is 0 Å². The normalized spacial score (nSPS) is 11.2. The summed E-state index contributed by atoms with van der Waals surface area (Å²) >= 11 is 0. The number of benzene rings is 1. The van der Waals surface area contributed by atoms with Gasteiger partial charge in [0.05, 0.1) is 11.3 Å². The third kappa shape index (κ3) is 3.77. The highest BCUT2D eigenvalue weighted by Gasteiger charge is 2.14. The fourth-order valence-electron chi connectivity index (χ4n) is 1.61. The Bertz CT molecular complexity index is 757. The molecule has 0 saturated carbocycles. The lowest BCUT2D eigenvalue weighted by molar-refractivity contribution is 0.0697. The number of carboxylic acids is 1. The molecule has 0 saturated heterocycles. The number of carbonyl (C=O) groups is 1. The van der Waals surface area contributed by atoms with Crippen LogP contribution in [0.15, 0.2) is 47.6 Å². The summed E-state index contributed by atoms with van der Waals surface area (Å²) in [6.07, 6.45) is 2.55. The Labute approximate surface area is 121 Å². The first-order chi connectivity index (χ1) is 9.88. The van der Waals surface area contributed by atoms with E-state index < -0.39 is 16.0 Å². The van der Waals surface area contributed by atoms with Gasteiger partial charge in [0.15, 0.2) is 0 Å². The Balaban J connectivity index is 2.10. The maximum absolute atomic E-state index is 12.0. The molecule has 0 radical (unpaired) electrons. The summed E-state index contributed by atoms with van der Waals surface area (Å²) in [5.41, 5.74) is 6.53. The van der Waals surface area contributed by atoms with Crippen molar-refractivity contribution >= 4 is 21.7 Å². The van der Waals surface area contributed by atoms with Crippen LogP contribution >= 0.6 is 0 Å². The summed E-state index contributed by atoms with van der Waals surface area (Å²) in [7, 11) is -3.72. The number of aromatic nitrogens is 1. The van der Waals surface area contributed by atoms with E-state index in [1.54, 1.807) is 12.1 Å². The van der Waals surface area contributed by atoms with Gasteiger partial charge in [-0.05, 0) is 23.8 Å². The van der Waals surface area contributed by atoms with Gasteiger partial charge in [0.2, 0.25) is 10.0 Å². The Morgan fingerprint density at radius 2 is 1.90 bits per heavy atom. The van der Waals surface area contributed by atoms with Crippen LogP contribution in [0.1, 0.15) is 15.9 Å². The summed E-state index contributed by atoms with van der Waals surface area (Å²) in [4.78, 5) is 14.4. The number of nitrogens with one attached hydrogen (secondary N) is 1. The highest BCUT2D eigenvalue weighted by atomic mass is 32.2. The van der Waals surface area contributed by atoms with Gasteiger partial charge >= 0.3 is 5.97 Å². The number of hydrogen-bond acceptors (Lipinski definition) is 5. The maximum Gasteiger partial charge on any atom is 0.335 e. The zero-order chi connectivity index (χ0) is 15.5. The molecule has 7 nitrogen and oxygen atoms in total. The fraction of sp³-hybridized carbons (Fsp3) is 0.0769. The van der Waals surface area contributed by atoms with E-state index in [0.29, 0.717) is 5.56 Å². The van der Waals surface area contributed by atoms with Gasteiger partial charge in [-0.25, -0.2) is 17.9 Å². The number of hydrogen-bond donors (Lipinski definition) is 3. The molecule has 0 atom stereocenters. The van der Waals surface area contributed by atoms with Gasteiger partial charge in [0, 0.05) is 18.9 Å². The van der Waals surface area contributed by atoms with Gasteiger partial charge in [-0.2, -0.15) is 0 Å². The lowest BCUT2D eigenvalue weighted by atomic mass is 10.1. The largest absolute Gasteiger partial charge is 0.478 e. The minimum Gasteiger partial charge on any atom is -0.478 e. The molecule has 1 aromatic heterocycles. The molecular weight excluding hydrogens is 294 g/mol. The smallest absolute Gasteiger partial charge is 0.335 e. The number of sulfonamides is 1. The number of nitrogen functional groups attached to an aromatic ring is 1. The van der Waals surface area contributed by atoms with Crippen LogP contribution in [0.2, 0.25) is 0 Å². The van der Waals surface area contributed by atoms with Gasteiger partial charge in [0.1, 0.15) is 4.90 Å². The molecule has 0 aliphatic heterocycles. The molecule has 1 aromatic carbocycles. The Morgan fingerprint density at radius 1 is 1.24 bits per heavy atom. The molecule has 0 unspecified atom stereocenters. The molecule has 4 N–H and O–H groups in total. The summed E-state index contributed by atoms with van der Waals surface area (Å²) in [5.74, 6) is -1.03. The van der Waals surface area contributed by atoms with Crippen LogP contribution in [0.3, 0.4) is 0 Å². The van der Waals surface area contributed by atoms with Crippen LogP contribution in [0.4, 0.5) is 5.69 Å². The Hall–Kier alpha value is -2.45.